The monoisotopic (exact) mass is 507 g/mol. The Bertz CT molecular complexity index is 1390. The average molecular weight is 508 g/mol. The third kappa shape index (κ3) is 5.51. The van der Waals surface area contributed by atoms with Crippen LogP contribution in [0.2, 0.25) is 0 Å². The lowest BCUT2D eigenvalue weighted by atomic mass is 10.1. The fraction of sp³-hybridized carbons (Fsp3) is 0.250. The number of thiazole rings is 1. The molecule has 4 aromatic rings. The predicted molar refractivity (Wildman–Crippen MR) is 122 cm³/mol. The van der Waals surface area contributed by atoms with Gasteiger partial charge in [0.1, 0.15) is 5.01 Å². The Kier molecular flexibility index (Phi) is 6.97. The van der Waals surface area contributed by atoms with Crippen molar-refractivity contribution < 1.29 is 26.7 Å². The molecule has 0 radical (unpaired) electrons. The zero-order valence-corrected chi connectivity index (χ0v) is 19.7. The van der Waals surface area contributed by atoms with Crippen LogP contribution in [0, 0.1) is 0 Å². The van der Waals surface area contributed by atoms with E-state index < -0.39 is 38.2 Å². The van der Waals surface area contributed by atoms with E-state index >= 15 is 0 Å². The highest BCUT2D eigenvalue weighted by molar-refractivity contribution is 7.92. The van der Waals surface area contributed by atoms with Gasteiger partial charge in [0.2, 0.25) is 11.8 Å². The number of nitrogens with one attached hydrogen (secondary N) is 1. The first-order chi connectivity index (χ1) is 15.7. The lowest BCUT2D eigenvalue weighted by Crippen LogP contribution is -2.24. The standard InChI is InChI=1S/C20H20N4O6S3/c1-12(25)11-33(28,29)18(19-24-23-17(30-19)10-21-32(26)27)20-22-15-8-7-14(9-16(15)31-20)13-5-3-2-4-6-13/h2-9,12,18,21,25H,10-11H2,1H3,(H,26,27)/p-1. The summed E-state index contributed by atoms with van der Waals surface area (Å²) in [5.41, 5.74) is 2.57. The van der Waals surface area contributed by atoms with E-state index in [1.165, 1.54) is 18.3 Å². The Balaban J connectivity index is 1.76. The van der Waals surface area contributed by atoms with Crippen molar-refractivity contribution in [2.45, 2.75) is 24.8 Å². The number of hydrogen-bond donors (Lipinski definition) is 2. The van der Waals surface area contributed by atoms with Gasteiger partial charge in [-0.1, -0.05) is 36.4 Å². The van der Waals surface area contributed by atoms with Crippen LogP contribution in [0.25, 0.3) is 21.3 Å². The largest absolute Gasteiger partial charge is 0.760 e. The zero-order valence-electron chi connectivity index (χ0n) is 17.2. The van der Waals surface area contributed by atoms with Gasteiger partial charge in [-0.25, -0.2) is 18.1 Å². The Hall–Kier alpha value is -2.55. The molecule has 3 atom stereocenters. The van der Waals surface area contributed by atoms with Crippen LogP contribution in [0.1, 0.15) is 29.0 Å². The summed E-state index contributed by atoms with van der Waals surface area (Å²) in [6.07, 6.45) is -1.12. The molecule has 4 rings (SSSR count). The summed E-state index contributed by atoms with van der Waals surface area (Å²) in [6.45, 7) is 1.08. The van der Waals surface area contributed by atoms with Gasteiger partial charge in [-0.2, -0.15) is 0 Å². The molecule has 0 fully saturated rings. The third-order valence-corrected chi connectivity index (χ3v) is 8.32. The van der Waals surface area contributed by atoms with Gasteiger partial charge in [0.05, 0.1) is 28.6 Å². The van der Waals surface area contributed by atoms with E-state index in [0.717, 1.165) is 15.8 Å². The second-order valence-corrected chi connectivity index (χ2v) is 11.2. The van der Waals surface area contributed by atoms with E-state index in [0.29, 0.717) is 5.52 Å². The molecule has 3 unspecified atom stereocenters. The van der Waals surface area contributed by atoms with E-state index in [-0.39, 0.29) is 23.3 Å². The summed E-state index contributed by atoms with van der Waals surface area (Å²) in [4.78, 5) is 4.50. The van der Waals surface area contributed by atoms with Crippen LogP contribution in [0.4, 0.5) is 0 Å². The minimum absolute atomic E-state index is 0.0982. The van der Waals surface area contributed by atoms with Crippen molar-refractivity contribution in [2.24, 2.45) is 0 Å². The topological polar surface area (TPSA) is 158 Å². The van der Waals surface area contributed by atoms with Crippen LogP contribution >= 0.6 is 11.3 Å². The van der Waals surface area contributed by atoms with Crippen LogP contribution in [-0.2, 0) is 27.6 Å². The van der Waals surface area contributed by atoms with Crippen molar-refractivity contribution >= 4 is 42.7 Å². The van der Waals surface area contributed by atoms with Gasteiger partial charge >= 0.3 is 0 Å². The number of hydrogen-bond acceptors (Lipinski definition) is 10. The molecule has 2 heterocycles. The summed E-state index contributed by atoms with van der Waals surface area (Å²) in [5, 5.41) is 16.1. The molecule has 0 saturated carbocycles. The number of aliphatic hydroxyl groups is 1. The highest BCUT2D eigenvalue weighted by Crippen LogP contribution is 2.37. The number of fused-ring (bicyclic) bond motifs is 1. The van der Waals surface area contributed by atoms with Crippen molar-refractivity contribution in [1.82, 2.24) is 19.9 Å². The van der Waals surface area contributed by atoms with Gasteiger partial charge < -0.3 is 14.1 Å². The Labute approximate surface area is 196 Å². The van der Waals surface area contributed by atoms with Gasteiger partial charge in [-0.05, 0) is 30.2 Å². The maximum absolute atomic E-state index is 13.1. The number of nitrogens with zero attached hydrogens (tertiary/aromatic N) is 3. The van der Waals surface area contributed by atoms with Gasteiger partial charge in [0.15, 0.2) is 15.1 Å². The smallest absolute Gasteiger partial charge is 0.241 e. The fourth-order valence-corrected chi connectivity index (χ4v) is 6.71. The number of aromatic nitrogens is 3. The molecule has 0 aliphatic rings. The summed E-state index contributed by atoms with van der Waals surface area (Å²) in [7, 11) is -4.00. The average Bonchev–Trinajstić information content (AvgIpc) is 3.38. The Morgan fingerprint density at radius 3 is 2.64 bits per heavy atom. The minimum atomic E-state index is -4.00. The SMILES string of the molecule is CC(O)CS(=O)(=O)C(c1nnc(CNS(=O)[O-])o1)c1nc2ccc(-c3ccccc3)cc2s1. The molecule has 174 valence electrons. The van der Waals surface area contributed by atoms with E-state index in [9.17, 15) is 22.3 Å². The van der Waals surface area contributed by atoms with Crippen molar-refractivity contribution in [1.29, 1.82) is 0 Å². The lowest BCUT2D eigenvalue weighted by molar-refractivity contribution is 0.217. The number of rotatable bonds is 9. The van der Waals surface area contributed by atoms with Gasteiger partial charge in [0.25, 0.3) is 0 Å². The molecule has 2 N–H and O–H groups in total. The molecular formula is C20H19N4O6S3-. The van der Waals surface area contributed by atoms with Crippen LogP contribution in [0.5, 0.6) is 0 Å². The predicted octanol–water partition coefficient (Wildman–Crippen LogP) is 2.12. The number of benzene rings is 2. The molecule has 0 spiro atoms. The fourth-order valence-electron chi connectivity index (χ4n) is 3.27. The maximum atomic E-state index is 13.1. The molecular weight excluding hydrogens is 488 g/mol. The second kappa shape index (κ2) is 9.75. The maximum Gasteiger partial charge on any atom is 0.241 e. The lowest BCUT2D eigenvalue weighted by Gasteiger charge is -2.13. The summed E-state index contributed by atoms with van der Waals surface area (Å²) >= 11 is -1.37. The van der Waals surface area contributed by atoms with Crippen molar-refractivity contribution in [3.8, 4) is 11.1 Å². The highest BCUT2D eigenvalue weighted by atomic mass is 32.2. The minimum Gasteiger partial charge on any atom is -0.760 e. The van der Waals surface area contributed by atoms with Crippen LogP contribution < -0.4 is 4.72 Å². The van der Waals surface area contributed by atoms with E-state index in [1.54, 1.807) is 0 Å². The molecule has 33 heavy (non-hydrogen) atoms. The first kappa shape index (κ1) is 23.6. The van der Waals surface area contributed by atoms with E-state index in [4.69, 9.17) is 4.42 Å². The van der Waals surface area contributed by atoms with Crippen molar-refractivity contribution in [3.63, 3.8) is 0 Å². The van der Waals surface area contributed by atoms with Crippen molar-refractivity contribution in [3.05, 3.63) is 65.3 Å². The molecule has 0 aliphatic heterocycles. The summed E-state index contributed by atoms with van der Waals surface area (Å²) in [5.74, 6) is -0.881. The first-order valence-corrected chi connectivity index (χ1v) is 13.3. The summed E-state index contributed by atoms with van der Waals surface area (Å²) < 4.78 is 56.0. The first-order valence-electron chi connectivity index (χ1n) is 9.73. The Morgan fingerprint density at radius 2 is 1.94 bits per heavy atom. The Morgan fingerprint density at radius 1 is 1.18 bits per heavy atom. The molecule has 0 saturated heterocycles. The zero-order chi connectivity index (χ0) is 23.6. The highest BCUT2D eigenvalue weighted by Gasteiger charge is 2.37. The quantitative estimate of drug-likeness (QED) is 0.324. The van der Waals surface area contributed by atoms with Crippen LogP contribution in [0.3, 0.4) is 0 Å². The van der Waals surface area contributed by atoms with E-state index in [1.807, 2.05) is 48.5 Å². The molecule has 10 nitrogen and oxygen atoms in total. The van der Waals surface area contributed by atoms with Crippen LogP contribution in [-0.4, -0.2) is 49.3 Å². The summed E-state index contributed by atoms with van der Waals surface area (Å²) in [6, 6.07) is 15.4. The normalized spacial score (nSPS) is 14.9. The molecule has 0 amide bonds. The van der Waals surface area contributed by atoms with Gasteiger partial charge in [-0.3, -0.25) is 4.21 Å². The molecule has 13 heteroatoms. The van der Waals surface area contributed by atoms with Crippen LogP contribution in [0.15, 0.2) is 52.9 Å². The molecule has 0 aliphatic carbocycles. The number of sulfone groups is 1. The van der Waals surface area contributed by atoms with Crippen molar-refractivity contribution in [2.75, 3.05) is 5.75 Å². The molecule has 2 aromatic carbocycles. The second-order valence-electron chi connectivity index (χ2n) is 7.25. The van der Waals surface area contributed by atoms with E-state index in [2.05, 4.69) is 19.9 Å². The van der Waals surface area contributed by atoms with Gasteiger partial charge in [0, 0.05) is 11.3 Å². The third-order valence-electron chi connectivity index (χ3n) is 4.62. The molecule has 2 aromatic heterocycles. The molecule has 0 bridgehead atoms. The number of aliphatic hydroxyl groups excluding tert-OH is 1. The van der Waals surface area contributed by atoms with Gasteiger partial charge in [-0.15, -0.1) is 21.5 Å².